The molecule has 4 nitrogen and oxygen atoms in total. The maximum absolute atomic E-state index is 11.6. The highest BCUT2D eigenvalue weighted by molar-refractivity contribution is 6.42. The van der Waals surface area contributed by atoms with Gasteiger partial charge in [-0.05, 0) is 50.6 Å². The van der Waals surface area contributed by atoms with Crippen molar-refractivity contribution in [3.05, 3.63) is 28.2 Å². The van der Waals surface area contributed by atoms with Crippen LogP contribution in [0.2, 0.25) is 10.0 Å². The number of nitrogens with zero attached hydrogens (tertiary/aromatic N) is 1. The molecule has 0 bridgehead atoms. The third-order valence-corrected chi connectivity index (χ3v) is 4.18. The number of nitrogens with one attached hydrogen (secondary N) is 1. The van der Waals surface area contributed by atoms with Gasteiger partial charge in [-0.25, -0.2) is 0 Å². The minimum Gasteiger partial charge on any atom is -0.508 e. The van der Waals surface area contributed by atoms with Crippen LogP contribution < -0.4 is 5.32 Å². The van der Waals surface area contributed by atoms with E-state index < -0.39 is 0 Å². The van der Waals surface area contributed by atoms with E-state index >= 15 is 0 Å². The van der Waals surface area contributed by atoms with Gasteiger partial charge in [-0.1, -0.05) is 30.1 Å². The fourth-order valence-electron chi connectivity index (χ4n) is 2.30. The van der Waals surface area contributed by atoms with Gasteiger partial charge in [-0.2, -0.15) is 0 Å². The van der Waals surface area contributed by atoms with E-state index in [9.17, 15) is 4.79 Å². The maximum Gasteiger partial charge on any atom is 0.222 e. The van der Waals surface area contributed by atoms with Crippen LogP contribution in [0.15, 0.2) is 18.2 Å². The monoisotopic (exact) mass is 346 g/mol. The van der Waals surface area contributed by atoms with Crippen molar-refractivity contribution in [2.45, 2.75) is 26.2 Å². The molecule has 1 aliphatic heterocycles. The zero-order valence-corrected chi connectivity index (χ0v) is 14.6. The lowest BCUT2D eigenvalue weighted by molar-refractivity contribution is -0.130. The summed E-state index contributed by atoms with van der Waals surface area (Å²) in [6.07, 6.45) is 3.07. The van der Waals surface area contributed by atoms with Crippen LogP contribution in [0, 0.1) is 5.92 Å². The lowest BCUT2D eigenvalue weighted by Gasteiger charge is -2.17. The summed E-state index contributed by atoms with van der Waals surface area (Å²) in [6.45, 7) is 5.00. The molecular weight excluding hydrogens is 323 g/mol. The number of carbonyl (C=O) groups excluding carboxylic acids is 1. The average molecular weight is 347 g/mol. The molecule has 0 aromatic heterocycles. The molecule has 0 aliphatic carbocycles. The van der Waals surface area contributed by atoms with Gasteiger partial charge in [0.1, 0.15) is 5.75 Å². The molecule has 1 aliphatic rings. The van der Waals surface area contributed by atoms with Crippen LogP contribution in [0.1, 0.15) is 26.2 Å². The highest BCUT2D eigenvalue weighted by Gasteiger charge is 2.19. The van der Waals surface area contributed by atoms with Crippen molar-refractivity contribution in [3.8, 4) is 5.75 Å². The van der Waals surface area contributed by atoms with E-state index in [-0.39, 0.29) is 5.75 Å². The molecule has 0 radical (unpaired) electrons. The van der Waals surface area contributed by atoms with E-state index in [1.165, 1.54) is 25.0 Å². The van der Waals surface area contributed by atoms with Crippen molar-refractivity contribution in [1.82, 2.24) is 10.2 Å². The second kappa shape index (κ2) is 9.93. The normalized spacial score (nSPS) is 15.2. The first-order valence-corrected chi connectivity index (χ1v) is 8.26. The summed E-state index contributed by atoms with van der Waals surface area (Å²) in [5.74, 6) is 0.919. The van der Waals surface area contributed by atoms with Gasteiger partial charge in [0.25, 0.3) is 0 Å². The Balaban J connectivity index is 0.000000235. The summed E-state index contributed by atoms with van der Waals surface area (Å²) in [6, 6.07) is 4.41. The molecule has 0 saturated carbocycles. The highest BCUT2D eigenvalue weighted by Crippen LogP contribution is 2.25. The zero-order valence-electron chi connectivity index (χ0n) is 13.1. The Bertz CT molecular complexity index is 477. The van der Waals surface area contributed by atoms with E-state index in [4.69, 9.17) is 28.3 Å². The van der Waals surface area contributed by atoms with E-state index in [1.807, 2.05) is 11.9 Å². The van der Waals surface area contributed by atoms with Crippen molar-refractivity contribution in [2.75, 3.05) is 26.7 Å². The molecule has 22 heavy (non-hydrogen) atoms. The molecule has 1 saturated heterocycles. The number of phenols is 1. The molecule has 2 rings (SSSR count). The second-order valence-corrected chi connectivity index (χ2v) is 6.37. The van der Waals surface area contributed by atoms with Gasteiger partial charge in [0.2, 0.25) is 5.91 Å². The van der Waals surface area contributed by atoms with Crippen molar-refractivity contribution < 1.29 is 9.90 Å². The molecule has 0 spiro atoms. The van der Waals surface area contributed by atoms with Crippen molar-refractivity contribution in [1.29, 1.82) is 0 Å². The van der Waals surface area contributed by atoms with Gasteiger partial charge in [0.15, 0.2) is 0 Å². The van der Waals surface area contributed by atoms with Gasteiger partial charge >= 0.3 is 0 Å². The molecule has 6 heteroatoms. The predicted molar refractivity (Wildman–Crippen MR) is 91.6 cm³/mol. The van der Waals surface area contributed by atoms with Crippen LogP contribution in [0.4, 0.5) is 0 Å². The number of rotatable bonds is 4. The Hall–Kier alpha value is -0.970. The molecule has 1 amide bonds. The number of hydrogen-bond acceptors (Lipinski definition) is 3. The first-order valence-electron chi connectivity index (χ1n) is 7.50. The van der Waals surface area contributed by atoms with Crippen LogP contribution >= 0.6 is 23.2 Å². The van der Waals surface area contributed by atoms with E-state index in [2.05, 4.69) is 12.2 Å². The zero-order chi connectivity index (χ0) is 16.5. The third-order valence-electron chi connectivity index (χ3n) is 3.44. The fraction of sp³-hybridized carbons (Fsp3) is 0.562. The van der Waals surface area contributed by atoms with Crippen LogP contribution in [0.3, 0.4) is 0 Å². The number of carbonyl (C=O) groups is 1. The Morgan fingerprint density at radius 2 is 1.95 bits per heavy atom. The number of phenolic OH excluding ortho intramolecular Hbond substituents is 1. The van der Waals surface area contributed by atoms with Gasteiger partial charge in [0, 0.05) is 19.5 Å². The average Bonchev–Trinajstić information content (AvgIpc) is 2.98. The lowest BCUT2D eigenvalue weighted by atomic mass is 10.1. The van der Waals surface area contributed by atoms with Crippen molar-refractivity contribution in [2.24, 2.45) is 5.92 Å². The quantitative estimate of drug-likeness (QED) is 0.876. The summed E-state index contributed by atoms with van der Waals surface area (Å²) in [4.78, 5) is 13.6. The minimum absolute atomic E-state index is 0.129. The molecule has 1 aromatic carbocycles. The van der Waals surface area contributed by atoms with Gasteiger partial charge in [-0.15, -0.1) is 0 Å². The smallest absolute Gasteiger partial charge is 0.222 e. The number of aromatic hydroxyl groups is 1. The summed E-state index contributed by atoms with van der Waals surface area (Å²) in [7, 11) is 1.93. The number of likely N-dealkylation sites (tertiary alicyclic amines) is 1. The summed E-state index contributed by atoms with van der Waals surface area (Å²) < 4.78 is 0. The van der Waals surface area contributed by atoms with Crippen LogP contribution in [0.25, 0.3) is 0 Å². The standard InChI is InChI=1S/C10H20N2O.C6H4Cl2O/c1-9(8-11-2)7-10(13)12-5-3-4-6-12;7-5-2-1-4(9)3-6(5)8/h9,11H,3-8H2,1-2H3;1-3,9H. The van der Waals surface area contributed by atoms with Crippen LogP contribution in [-0.2, 0) is 4.79 Å². The number of halogens is 2. The maximum atomic E-state index is 11.6. The molecule has 1 heterocycles. The SMILES string of the molecule is CNCC(C)CC(=O)N1CCCC1.Oc1ccc(Cl)c(Cl)c1. The minimum atomic E-state index is 0.129. The first-order chi connectivity index (χ1) is 10.4. The Morgan fingerprint density at radius 3 is 2.45 bits per heavy atom. The van der Waals surface area contributed by atoms with E-state index in [1.54, 1.807) is 6.07 Å². The molecular formula is C16H24Cl2N2O2. The van der Waals surface area contributed by atoms with Gasteiger partial charge in [-0.3, -0.25) is 4.79 Å². The molecule has 1 aromatic rings. The number of benzene rings is 1. The summed E-state index contributed by atoms with van der Waals surface area (Å²) in [5, 5.41) is 12.7. The molecule has 1 fully saturated rings. The highest BCUT2D eigenvalue weighted by atomic mass is 35.5. The van der Waals surface area contributed by atoms with Gasteiger partial charge in [0.05, 0.1) is 10.0 Å². The second-order valence-electron chi connectivity index (χ2n) is 5.55. The van der Waals surface area contributed by atoms with Crippen LogP contribution in [-0.4, -0.2) is 42.6 Å². The van der Waals surface area contributed by atoms with E-state index in [0.29, 0.717) is 28.3 Å². The summed E-state index contributed by atoms with van der Waals surface area (Å²) >= 11 is 11.1. The fourth-order valence-corrected chi connectivity index (χ4v) is 2.59. The van der Waals surface area contributed by atoms with Crippen molar-refractivity contribution in [3.63, 3.8) is 0 Å². The first kappa shape index (κ1) is 19.1. The van der Waals surface area contributed by atoms with Crippen LogP contribution in [0.5, 0.6) is 5.75 Å². The van der Waals surface area contributed by atoms with E-state index in [0.717, 1.165) is 19.6 Å². The topological polar surface area (TPSA) is 52.6 Å². The number of hydrogen-bond donors (Lipinski definition) is 2. The lowest BCUT2D eigenvalue weighted by Crippen LogP contribution is -2.30. The molecule has 1 atom stereocenters. The molecule has 1 unspecified atom stereocenters. The molecule has 2 N–H and O–H groups in total. The Labute approximate surface area is 142 Å². The third kappa shape index (κ3) is 6.86. The summed E-state index contributed by atoms with van der Waals surface area (Å²) in [5.41, 5.74) is 0. The Morgan fingerprint density at radius 1 is 1.32 bits per heavy atom. The van der Waals surface area contributed by atoms with Crippen molar-refractivity contribution >= 4 is 29.1 Å². The number of amides is 1. The molecule has 124 valence electrons. The van der Waals surface area contributed by atoms with Gasteiger partial charge < -0.3 is 15.3 Å². The largest absolute Gasteiger partial charge is 0.508 e. The Kier molecular flexibility index (Phi) is 8.61. The predicted octanol–water partition coefficient (Wildman–Crippen LogP) is 3.55.